The number of aryl methyl sites for hydroxylation is 1. The third-order valence-electron chi connectivity index (χ3n) is 5.84. The van der Waals surface area contributed by atoms with Crippen LogP contribution in [0.2, 0.25) is 0 Å². The number of benzene rings is 2. The molecule has 2 aliphatic rings. The monoisotopic (exact) mass is 461 g/mol. The predicted octanol–water partition coefficient (Wildman–Crippen LogP) is 3.49. The van der Waals surface area contributed by atoms with Crippen molar-refractivity contribution < 1.29 is 14.3 Å². The van der Waals surface area contributed by atoms with Gasteiger partial charge in [-0.15, -0.1) is 0 Å². The first-order valence-corrected chi connectivity index (χ1v) is 11.6. The lowest BCUT2D eigenvalue weighted by Gasteiger charge is -2.32. The van der Waals surface area contributed by atoms with Gasteiger partial charge in [-0.2, -0.15) is 5.10 Å². The Morgan fingerprint density at radius 3 is 2.59 bits per heavy atom. The second-order valence-electron chi connectivity index (χ2n) is 8.68. The summed E-state index contributed by atoms with van der Waals surface area (Å²) >= 11 is 0. The third kappa shape index (κ3) is 5.39. The van der Waals surface area contributed by atoms with Crippen molar-refractivity contribution in [2.75, 3.05) is 11.5 Å². The van der Waals surface area contributed by atoms with E-state index in [2.05, 4.69) is 15.8 Å². The van der Waals surface area contributed by atoms with E-state index in [1.807, 2.05) is 80.4 Å². The predicted molar refractivity (Wildman–Crippen MR) is 132 cm³/mol. The fourth-order valence-electron chi connectivity index (χ4n) is 4.01. The maximum Gasteiger partial charge on any atom is 0.276 e. The van der Waals surface area contributed by atoms with Crippen molar-refractivity contribution in [1.82, 2.24) is 15.6 Å². The minimum atomic E-state index is -0.589. The molecule has 8 heteroatoms. The molecular formula is C26H31N5O3. The molecule has 2 atom stereocenters. The van der Waals surface area contributed by atoms with Crippen LogP contribution in [0, 0.1) is 12.8 Å². The van der Waals surface area contributed by atoms with Gasteiger partial charge in [-0.1, -0.05) is 36.8 Å². The number of carbonyl (C=O) groups excluding carboxylic acids is 2. The summed E-state index contributed by atoms with van der Waals surface area (Å²) < 4.78 is 5.48. The summed E-state index contributed by atoms with van der Waals surface area (Å²) in [6, 6.07) is 15.5. The van der Waals surface area contributed by atoms with Crippen LogP contribution in [0.3, 0.4) is 0 Å². The highest BCUT2D eigenvalue weighted by molar-refractivity contribution is 6.03. The Balaban J connectivity index is 1.30. The maximum atomic E-state index is 13.1. The third-order valence-corrected chi connectivity index (χ3v) is 5.84. The van der Waals surface area contributed by atoms with E-state index in [1.54, 1.807) is 11.1 Å². The first kappa shape index (κ1) is 23.4. The van der Waals surface area contributed by atoms with E-state index in [0.29, 0.717) is 26.0 Å². The Kier molecular flexibility index (Phi) is 7.15. The zero-order valence-electron chi connectivity index (χ0n) is 19.8. The number of nitrogens with zero attached hydrogens (tertiary/aromatic N) is 3. The number of amidine groups is 1. The van der Waals surface area contributed by atoms with Gasteiger partial charge in [0.2, 0.25) is 12.1 Å². The van der Waals surface area contributed by atoms with Crippen molar-refractivity contribution in [3.63, 3.8) is 0 Å². The molecule has 0 aliphatic carbocycles. The molecule has 0 saturated carbocycles. The molecule has 178 valence electrons. The van der Waals surface area contributed by atoms with Gasteiger partial charge in [-0.25, -0.2) is 0 Å². The van der Waals surface area contributed by atoms with E-state index in [1.165, 1.54) is 5.56 Å². The second-order valence-corrected chi connectivity index (χ2v) is 8.68. The number of hydrogen-bond donors (Lipinski definition) is 2. The Morgan fingerprint density at radius 2 is 1.88 bits per heavy atom. The zero-order chi connectivity index (χ0) is 24.1. The molecule has 2 N–H and O–H groups in total. The Morgan fingerprint density at radius 1 is 1.15 bits per heavy atom. The van der Waals surface area contributed by atoms with Gasteiger partial charge in [0.1, 0.15) is 11.6 Å². The summed E-state index contributed by atoms with van der Waals surface area (Å²) in [5.74, 6) is 1.48. The zero-order valence-corrected chi connectivity index (χ0v) is 19.8. The number of rotatable bonds is 9. The normalized spacial score (nSPS) is 17.7. The minimum Gasteiger partial charge on any atom is -0.494 e. The molecular weight excluding hydrogens is 430 g/mol. The van der Waals surface area contributed by atoms with Crippen LogP contribution in [-0.2, 0) is 16.1 Å². The molecule has 4 rings (SSSR count). The molecule has 0 spiro atoms. The van der Waals surface area contributed by atoms with E-state index in [0.717, 1.165) is 22.8 Å². The summed E-state index contributed by atoms with van der Waals surface area (Å²) in [5.41, 5.74) is 5.98. The lowest BCUT2D eigenvalue weighted by Crippen LogP contribution is -2.52. The van der Waals surface area contributed by atoms with Gasteiger partial charge >= 0.3 is 0 Å². The van der Waals surface area contributed by atoms with Crippen LogP contribution in [-0.4, -0.2) is 35.3 Å². The van der Waals surface area contributed by atoms with Gasteiger partial charge in [-0.05, 0) is 49.6 Å². The Labute approximate surface area is 200 Å². The summed E-state index contributed by atoms with van der Waals surface area (Å²) in [7, 11) is 0. The van der Waals surface area contributed by atoms with Gasteiger partial charge in [0.15, 0.2) is 0 Å². The fourth-order valence-corrected chi connectivity index (χ4v) is 4.01. The fraction of sp³-hybridized carbons (Fsp3) is 0.346. The SMILES string of the molecule is CCOc1ccc(N2C=CN3C(CC(C)CC(=O)NCc4ccc(C)cc4)=NNC3C2=O)cc1. The van der Waals surface area contributed by atoms with E-state index in [-0.39, 0.29) is 17.7 Å². The van der Waals surface area contributed by atoms with Gasteiger partial charge in [0, 0.05) is 37.5 Å². The Bertz CT molecular complexity index is 1080. The summed E-state index contributed by atoms with van der Waals surface area (Å²) in [5, 5.41) is 7.37. The molecule has 2 aliphatic heterocycles. The molecule has 2 heterocycles. The summed E-state index contributed by atoms with van der Waals surface area (Å²) in [6.45, 7) is 7.10. The first-order valence-electron chi connectivity index (χ1n) is 11.6. The average Bonchev–Trinajstić information content (AvgIpc) is 3.23. The van der Waals surface area contributed by atoms with Crippen molar-refractivity contribution in [1.29, 1.82) is 0 Å². The minimum absolute atomic E-state index is 0.00289. The van der Waals surface area contributed by atoms with Crippen LogP contribution in [0.15, 0.2) is 66.0 Å². The highest BCUT2D eigenvalue weighted by Crippen LogP contribution is 2.26. The second kappa shape index (κ2) is 10.4. The number of fused-ring (bicyclic) bond motifs is 1. The smallest absolute Gasteiger partial charge is 0.276 e. The van der Waals surface area contributed by atoms with Gasteiger partial charge < -0.3 is 15.0 Å². The van der Waals surface area contributed by atoms with E-state index in [9.17, 15) is 9.59 Å². The highest BCUT2D eigenvalue weighted by Gasteiger charge is 2.38. The molecule has 2 unspecified atom stereocenters. The van der Waals surface area contributed by atoms with Crippen LogP contribution in [0.25, 0.3) is 0 Å². The van der Waals surface area contributed by atoms with Gasteiger partial charge in [0.05, 0.1) is 6.61 Å². The van der Waals surface area contributed by atoms with Crippen LogP contribution in [0.4, 0.5) is 5.69 Å². The number of ether oxygens (including phenoxy) is 1. The maximum absolute atomic E-state index is 13.1. The number of carbonyl (C=O) groups is 2. The standard InChI is InChI=1S/C26H31N5O3/c1-4-34-22-11-9-21(10-12-22)30-13-14-31-23(28-29-25(31)26(30)33)15-19(3)16-24(32)27-17-20-7-5-18(2)6-8-20/h5-14,19,25,29H,4,15-17H2,1-3H3,(H,27,32). The van der Waals surface area contributed by atoms with Crippen molar-refractivity contribution >= 4 is 23.3 Å². The number of anilines is 1. The van der Waals surface area contributed by atoms with Gasteiger partial charge in [0.25, 0.3) is 5.91 Å². The van der Waals surface area contributed by atoms with Crippen LogP contribution in [0.5, 0.6) is 5.75 Å². The number of hydrogen-bond acceptors (Lipinski definition) is 6. The largest absolute Gasteiger partial charge is 0.494 e. The molecule has 8 nitrogen and oxygen atoms in total. The quantitative estimate of drug-likeness (QED) is 0.597. The molecule has 2 aromatic carbocycles. The topological polar surface area (TPSA) is 86.3 Å². The molecule has 2 amide bonds. The Hall–Kier alpha value is -3.81. The van der Waals surface area contributed by atoms with E-state index < -0.39 is 6.17 Å². The van der Waals surface area contributed by atoms with E-state index >= 15 is 0 Å². The molecule has 34 heavy (non-hydrogen) atoms. The molecule has 0 fully saturated rings. The molecule has 0 bridgehead atoms. The van der Waals surface area contributed by atoms with Gasteiger partial charge in [-0.3, -0.25) is 19.9 Å². The lowest BCUT2D eigenvalue weighted by molar-refractivity contribution is -0.123. The summed E-state index contributed by atoms with van der Waals surface area (Å²) in [4.78, 5) is 28.9. The first-order chi connectivity index (χ1) is 16.4. The number of nitrogens with one attached hydrogen (secondary N) is 2. The van der Waals surface area contributed by atoms with Crippen molar-refractivity contribution in [3.05, 3.63) is 72.1 Å². The van der Waals surface area contributed by atoms with Crippen molar-refractivity contribution in [2.45, 2.75) is 46.3 Å². The lowest BCUT2D eigenvalue weighted by atomic mass is 10.0. The van der Waals surface area contributed by atoms with E-state index in [4.69, 9.17) is 4.74 Å². The number of amides is 2. The van der Waals surface area contributed by atoms with Crippen molar-refractivity contribution in [3.8, 4) is 5.75 Å². The average molecular weight is 462 g/mol. The number of hydrazone groups is 1. The molecule has 0 saturated heterocycles. The molecule has 2 aromatic rings. The van der Waals surface area contributed by atoms with Crippen LogP contribution < -0.4 is 20.4 Å². The summed E-state index contributed by atoms with van der Waals surface area (Å²) in [6.07, 6.45) is 3.98. The molecule has 0 aromatic heterocycles. The highest BCUT2D eigenvalue weighted by atomic mass is 16.5. The van der Waals surface area contributed by atoms with Crippen LogP contribution in [0.1, 0.15) is 37.8 Å². The van der Waals surface area contributed by atoms with Crippen molar-refractivity contribution in [2.24, 2.45) is 11.0 Å². The molecule has 0 radical (unpaired) electrons. The van der Waals surface area contributed by atoms with Crippen LogP contribution >= 0.6 is 0 Å².